The van der Waals surface area contributed by atoms with Crippen molar-refractivity contribution in [3.8, 4) is 5.75 Å². The predicted octanol–water partition coefficient (Wildman–Crippen LogP) is 3.59. The molecule has 1 fully saturated rings. The summed E-state index contributed by atoms with van der Waals surface area (Å²) in [6, 6.07) is 11.1. The Morgan fingerprint density at radius 1 is 1.12 bits per heavy atom. The van der Waals surface area contributed by atoms with E-state index in [-0.39, 0.29) is 24.2 Å². The number of aromatic nitrogens is 1. The maximum absolute atomic E-state index is 12.2. The molecule has 0 aliphatic carbocycles. The molecule has 1 aromatic carbocycles. The zero-order chi connectivity index (χ0) is 17.7. The fraction of sp³-hybridized carbons (Fsp3) is 0.389. The van der Waals surface area contributed by atoms with Gasteiger partial charge in [0.25, 0.3) is 0 Å². The highest BCUT2D eigenvalue weighted by Gasteiger charge is 2.28. The zero-order valence-electron chi connectivity index (χ0n) is 14.1. The summed E-state index contributed by atoms with van der Waals surface area (Å²) in [7, 11) is 0. The minimum Gasteiger partial charge on any atom is -0.484 e. The molecule has 26 heavy (non-hydrogen) atoms. The van der Waals surface area contributed by atoms with E-state index in [9.17, 15) is 13.2 Å². The number of piperazine rings is 1. The Morgan fingerprint density at radius 2 is 1.81 bits per heavy atom. The van der Waals surface area contributed by atoms with Gasteiger partial charge < -0.3 is 10.1 Å². The minimum atomic E-state index is -4.32. The van der Waals surface area contributed by atoms with Gasteiger partial charge in [-0.15, -0.1) is 12.4 Å². The summed E-state index contributed by atoms with van der Waals surface area (Å²) < 4.78 is 41.3. The zero-order valence-corrected chi connectivity index (χ0v) is 14.9. The maximum atomic E-state index is 12.2. The van der Waals surface area contributed by atoms with Crippen molar-refractivity contribution < 1.29 is 17.9 Å². The van der Waals surface area contributed by atoms with Crippen molar-refractivity contribution in [3.05, 3.63) is 59.9 Å². The summed E-state index contributed by atoms with van der Waals surface area (Å²) in [5, 5.41) is 3.40. The van der Waals surface area contributed by atoms with E-state index in [1.54, 1.807) is 24.5 Å². The molecule has 0 radical (unpaired) electrons. The highest BCUT2D eigenvalue weighted by molar-refractivity contribution is 5.85. The molecule has 1 saturated heterocycles. The normalized spacial score (nSPS) is 18.2. The van der Waals surface area contributed by atoms with Crippen LogP contribution < -0.4 is 10.1 Å². The Hall–Kier alpha value is -1.83. The largest absolute Gasteiger partial charge is 0.484 e. The van der Waals surface area contributed by atoms with Crippen molar-refractivity contribution in [1.29, 1.82) is 0 Å². The van der Waals surface area contributed by atoms with E-state index in [0.717, 1.165) is 31.7 Å². The third-order valence-electron chi connectivity index (χ3n) is 4.16. The van der Waals surface area contributed by atoms with Crippen LogP contribution in [0.15, 0.2) is 48.8 Å². The van der Waals surface area contributed by atoms with Gasteiger partial charge in [0.1, 0.15) is 5.75 Å². The highest BCUT2D eigenvalue weighted by atomic mass is 35.5. The van der Waals surface area contributed by atoms with E-state index in [2.05, 4.69) is 15.2 Å². The lowest BCUT2D eigenvalue weighted by atomic mass is 10.0. The Bertz CT molecular complexity index is 668. The van der Waals surface area contributed by atoms with Crippen molar-refractivity contribution in [3.63, 3.8) is 0 Å². The van der Waals surface area contributed by atoms with Crippen LogP contribution in [0.5, 0.6) is 5.75 Å². The van der Waals surface area contributed by atoms with Crippen molar-refractivity contribution in [2.75, 3.05) is 26.2 Å². The number of hydrogen-bond acceptors (Lipinski definition) is 4. The molecule has 4 nitrogen and oxygen atoms in total. The van der Waals surface area contributed by atoms with Crippen LogP contribution >= 0.6 is 12.4 Å². The van der Waals surface area contributed by atoms with Gasteiger partial charge in [-0.2, -0.15) is 13.2 Å². The standard InChI is InChI=1S/C18H20F3N3O.ClH/c19-18(20,21)13-25-16-3-1-14(2-4-16)12-24-10-9-23-11-17(24)15-5-7-22-8-6-15;/h1-8,17,23H,9-13H2;1H. The lowest BCUT2D eigenvalue weighted by molar-refractivity contribution is -0.153. The Balaban J connectivity index is 0.00000243. The van der Waals surface area contributed by atoms with Gasteiger partial charge in [0.15, 0.2) is 6.61 Å². The lowest BCUT2D eigenvalue weighted by Gasteiger charge is -2.36. The fourth-order valence-electron chi connectivity index (χ4n) is 2.94. The quantitative estimate of drug-likeness (QED) is 0.850. The van der Waals surface area contributed by atoms with Gasteiger partial charge in [0.2, 0.25) is 0 Å². The van der Waals surface area contributed by atoms with Gasteiger partial charge in [0, 0.05) is 44.6 Å². The summed E-state index contributed by atoms with van der Waals surface area (Å²) >= 11 is 0. The molecule has 1 aromatic heterocycles. The van der Waals surface area contributed by atoms with Crippen molar-refractivity contribution in [2.45, 2.75) is 18.8 Å². The Kier molecular flexibility index (Phi) is 7.25. The van der Waals surface area contributed by atoms with Gasteiger partial charge >= 0.3 is 6.18 Å². The van der Waals surface area contributed by atoms with Crippen LogP contribution in [0.25, 0.3) is 0 Å². The molecule has 1 unspecified atom stereocenters. The van der Waals surface area contributed by atoms with Crippen LogP contribution in [0.3, 0.4) is 0 Å². The number of halogens is 4. The third-order valence-corrected chi connectivity index (χ3v) is 4.16. The summed E-state index contributed by atoms with van der Waals surface area (Å²) in [5.74, 6) is 0.229. The van der Waals surface area contributed by atoms with Crippen molar-refractivity contribution in [1.82, 2.24) is 15.2 Å². The number of nitrogens with one attached hydrogen (secondary N) is 1. The van der Waals surface area contributed by atoms with E-state index in [4.69, 9.17) is 4.74 Å². The van der Waals surface area contributed by atoms with Crippen LogP contribution in [0, 0.1) is 0 Å². The monoisotopic (exact) mass is 387 g/mol. The number of nitrogens with zero attached hydrogens (tertiary/aromatic N) is 2. The summed E-state index contributed by atoms with van der Waals surface area (Å²) in [6.45, 7) is 2.13. The van der Waals surface area contributed by atoms with Gasteiger partial charge in [0.05, 0.1) is 0 Å². The predicted molar refractivity (Wildman–Crippen MR) is 95.5 cm³/mol. The van der Waals surface area contributed by atoms with Crippen molar-refractivity contribution >= 4 is 12.4 Å². The molecule has 8 heteroatoms. The van der Waals surface area contributed by atoms with Crippen LogP contribution in [-0.4, -0.2) is 42.3 Å². The Labute approximate surface area is 156 Å². The number of pyridine rings is 1. The topological polar surface area (TPSA) is 37.4 Å². The molecule has 1 N–H and O–H groups in total. The molecular formula is C18H21ClF3N3O. The van der Waals surface area contributed by atoms with Crippen LogP contribution in [-0.2, 0) is 6.54 Å². The van der Waals surface area contributed by atoms with Crippen molar-refractivity contribution in [2.24, 2.45) is 0 Å². The summed E-state index contributed by atoms with van der Waals surface area (Å²) in [4.78, 5) is 6.42. The second kappa shape index (κ2) is 9.21. The molecule has 3 rings (SSSR count). The number of rotatable bonds is 5. The summed E-state index contributed by atoms with van der Waals surface area (Å²) in [6.07, 6.45) is -0.749. The second-order valence-electron chi connectivity index (χ2n) is 6.02. The highest BCUT2D eigenvalue weighted by Crippen LogP contribution is 2.25. The third kappa shape index (κ3) is 5.86. The number of hydrogen-bond donors (Lipinski definition) is 1. The van der Waals surface area contributed by atoms with E-state index < -0.39 is 12.8 Å². The van der Waals surface area contributed by atoms with Gasteiger partial charge in [-0.1, -0.05) is 12.1 Å². The number of benzene rings is 1. The first-order valence-corrected chi connectivity index (χ1v) is 8.14. The molecule has 0 amide bonds. The molecule has 2 heterocycles. The van der Waals surface area contributed by atoms with E-state index in [1.807, 2.05) is 24.3 Å². The SMILES string of the molecule is Cl.FC(F)(F)COc1ccc(CN2CCNCC2c2ccncc2)cc1. The first kappa shape index (κ1) is 20.5. The molecule has 1 aliphatic heterocycles. The molecule has 142 valence electrons. The average Bonchev–Trinajstić information content (AvgIpc) is 2.62. The first-order chi connectivity index (χ1) is 12.0. The molecule has 0 saturated carbocycles. The van der Waals surface area contributed by atoms with Gasteiger partial charge in [-0.3, -0.25) is 9.88 Å². The molecule has 2 aromatic rings. The molecular weight excluding hydrogens is 367 g/mol. The second-order valence-corrected chi connectivity index (χ2v) is 6.02. The first-order valence-electron chi connectivity index (χ1n) is 8.14. The molecule has 1 atom stereocenters. The fourth-order valence-corrected chi connectivity index (χ4v) is 2.94. The van der Waals surface area contributed by atoms with Crippen LogP contribution in [0.2, 0.25) is 0 Å². The van der Waals surface area contributed by atoms with E-state index >= 15 is 0 Å². The Morgan fingerprint density at radius 3 is 2.46 bits per heavy atom. The van der Waals surface area contributed by atoms with E-state index in [0.29, 0.717) is 0 Å². The van der Waals surface area contributed by atoms with E-state index in [1.165, 1.54) is 5.56 Å². The average molecular weight is 388 g/mol. The molecule has 0 spiro atoms. The maximum Gasteiger partial charge on any atom is 0.422 e. The number of ether oxygens (including phenoxy) is 1. The molecule has 0 bridgehead atoms. The van der Waals surface area contributed by atoms with Crippen LogP contribution in [0.4, 0.5) is 13.2 Å². The minimum absolute atomic E-state index is 0. The lowest BCUT2D eigenvalue weighted by Crippen LogP contribution is -2.45. The molecule has 1 aliphatic rings. The van der Waals surface area contributed by atoms with Gasteiger partial charge in [-0.05, 0) is 35.4 Å². The smallest absolute Gasteiger partial charge is 0.422 e. The van der Waals surface area contributed by atoms with Crippen LogP contribution in [0.1, 0.15) is 17.2 Å². The number of alkyl halides is 3. The van der Waals surface area contributed by atoms with Gasteiger partial charge in [-0.25, -0.2) is 0 Å². The summed E-state index contributed by atoms with van der Waals surface area (Å²) in [5.41, 5.74) is 2.24.